The van der Waals surface area contributed by atoms with Gasteiger partial charge in [-0.25, -0.2) is 0 Å². The third-order valence-electron chi connectivity index (χ3n) is 10.0. The van der Waals surface area contributed by atoms with Crippen LogP contribution in [-0.2, 0) is 33.4 Å². The summed E-state index contributed by atoms with van der Waals surface area (Å²) < 4.78 is 18.0. The zero-order valence-electron chi connectivity index (χ0n) is 21.1. The van der Waals surface area contributed by atoms with E-state index < -0.39 is 75.8 Å². The van der Waals surface area contributed by atoms with Crippen molar-refractivity contribution in [2.75, 3.05) is 0 Å². The third-order valence-corrected chi connectivity index (χ3v) is 10.0. The van der Waals surface area contributed by atoms with Crippen molar-refractivity contribution in [1.82, 2.24) is 0 Å². The van der Waals surface area contributed by atoms with Gasteiger partial charge in [-0.05, 0) is 23.8 Å². The van der Waals surface area contributed by atoms with E-state index in [2.05, 4.69) is 6.58 Å². The molecule has 0 aliphatic heterocycles. The van der Waals surface area contributed by atoms with Crippen molar-refractivity contribution in [2.45, 2.75) is 92.1 Å². The molecule has 4 aliphatic rings. The summed E-state index contributed by atoms with van der Waals surface area (Å²) in [7, 11) is 0. The first kappa shape index (κ1) is 24.9. The van der Waals surface area contributed by atoms with Gasteiger partial charge in [-0.3, -0.25) is 19.2 Å². The number of Topliss-reactive ketones (excluding diaryl/α,β-unsaturated/α-hetero) is 1. The maximum absolute atomic E-state index is 13.6. The lowest BCUT2D eigenvalue weighted by atomic mass is 9.42. The summed E-state index contributed by atoms with van der Waals surface area (Å²) in [6, 6.07) is 0. The number of hydrogen-bond donors (Lipinski definition) is 1. The zero-order valence-corrected chi connectivity index (χ0v) is 21.1. The van der Waals surface area contributed by atoms with E-state index in [1.54, 1.807) is 0 Å². The molecule has 0 aromatic rings. The number of aliphatic hydroxyl groups is 1. The molecule has 2 bridgehead atoms. The molecule has 0 aromatic carbocycles. The predicted molar refractivity (Wildman–Crippen MR) is 120 cm³/mol. The molecule has 0 amide bonds. The van der Waals surface area contributed by atoms with Crippen molar-refractivity contribution < 1.29 is 38.5 Å². The van der Waals surface area contributed by atoms with Crippen LogP contribution in [0.3, 0.4) is 0 Å². The molecule has 4 aliphatic carbocycles. The van der Waals surface area contributed by atoms with E-state index >= 15 is 0 Å². The first-order valence-corrected chi connectivity index (χ1v) is 12.0. The molecule has 0 radical (unpaired) electrons. The van der Waals surface area contributed by atoms with Crippen LogP contribution in [-0.4, -0.2) is 53.2 Å². The van der Waals surface area contributed by atoms with E-state index in [4.69, 9.17) is 14.2 Å². The number of fused-ring (bicyclic) bond motifs is 1. The van der Waals surface area contributed by atoms with E-state index in [-0.39, 0.29) is 12.2 Å². The summed E-state index contributed by atoms with van der Waals surface area (Å²) in [5.74, 6) is -2.67. The van der Waals surface area contributed by atoms with Crippen molar-refractivity contribution in [3.05, 3.63) is 12.2 Å². The van der Waals surface area contributed by atoms with Crippen LogP contribution in [0, 0.1) is 33.5 Å². The number of carbonyl (C=O) groups excluding carboxylic acids is 4. The molecule has 0 aromatic heterocycles. The Balaban J connectivity index is 2.18. The third kappa shape index (κ3) is 2.53. The molecule has 34 heavy (non-hydrogen) atoms. The van der Waals surface area contributed by atoms with Gasteiger partial charge >= 0.3 is 17.9 Å². The smallest absolute Gasteiger partial charge is 0.303 e. The Hall–Kier alpha value is -2.22. The summed E-state index contributed by atoms with van der Waals surface area (Å²) in [6.07, 6.45) is -2.65. The highest BCUT2D eigenvalue weighted by Gasteiger charge is 2.92. The van der Waals surface area contributed by atoms with Gasteiger partial charge < -0.3 is 19.3 Å². The van der Waals surface area contributed by atoms with Gasteiger partial charge in [0.25, 0.3) is 0 Å². The van der Waals surface area contributed by atoms with Crippen molar-refractivity contribution >= 4 is 23.7 Å². The van der Waals surface area contributed by atoms with Gasteiger partial charge in [-0.2, -0.15) is 0 Å². The molecule has 4 saturated carbocycles. The SMILES string of the molecule is C=C1C(O)CCC2(C)C(OC(C)=O)C(OC(C)=O)C34C(C)C(=O)CC(C(OC(C)=O)C123)C4(C)C. The normalized spacial score (nSPS) is 46.4. The zero-order chi connectivity index (χ0) is 25.6. The van der Waals surface area contributed by atoms with Crippen LogP contribution in [0.4, 0.5) is 0 Å². The van der Waals surface area contributed by atoms with Crippen LogP contribution in [0.15, 0.2) is 12.2 Å². The van der Waals surface area contributed by atoms with Gasteiger partial charge in [-0.15, -0.1) is 0 Å². The highest BCUT2D eigenvalue weighted by atomic mass is 16.6. The first-order valence-electron chi connectivity index (χ1n) is 12.0. The fourth-order valence-corrected chi connectivity index (χ4v) is 9.15. The molecule has 9 unspecified atom stereocenters. The second-order valence-electron chi connectivity index (χ2n) is 11.5. The fraction of sp³-hybridized carbons (Fsp3) is 0.769. The lowest BCUT2D eigenvalue weighted by Gasteiger charge is -2.60. The first-order chi connectivity index (χ1) is 15.6. The van der Waals surface area contributed by atoms with Crippen molar-refractivity contribution in [3.8, 4) is 0 Å². The number of ether oxygens (including phenoxy) is 3. The Kier molecular flexibility index (Phi) is 5.41. The Labute approximate surface area is 200 Å². The van der Waals surface area contributed by atoms with E-state index in [1.807, 2.05) is 27.7 Å². The number of carbonyl (C=O) groups is 4. The van der Waals surface area contributed by atoms with Gasteiger partial charge in [0.2, 0.25) is 0 Å². The second kappa shape index (κ2) is 7.39. The standard InChI is InChI=1S/C26H36O8/c1-12-18(30)9-10-24(8)21(33-15(4)28)22(34-16(5)29)25-13(2)19(31)11-17(23(25,6)7)20(26(12,24)25)32-14(3)27/h13,17-18,20-22,30H,1,9-11H2,2-8H3. The van der Waals surface area contributed by atoms with Crippen LogP contribution >= 0.6 is 0 Å². The summed E-state index contributed by atoms with van der Waals surface area (Å²) >= 11 is 0. The Morgan fingerprint density at radius 1 is 0.941 bits per heavy atom. The quantitative estimate of drug-likeness (QED) is 0.376. The van der Waals surface area contributed by atoms with Crippen molar-refractivity contribution in [1.29, 1.82) is 0 Å². The van der Waals surface area contributed by atoms with Crippen LogP contribution in [0.25, 0.3) is 0 Å². The molecule has 4 rings (SSSR count). The van der Waals surface area contributed by atoms with Crippen molar-refractivity contribution in [2.24, 2.45) is 33.5 Å². The number of ketones is 1. The minimum atomic E-state index is -1.16. The fourth-order valence-electron chi connectivity index (χ4n) is 9.15. The molecule has 8 nitrogen and oxygen atoms in total. The predicted octanol–water partition coefficient (Wildman–Crippen LogP) is 2.75. The summed E-state index contributed by atoms with van der Waals surface area (Å²) in [6.45, 7) is 16.0. The molecule has 1 N–H and O–H groups in total. The molecular weight excluding hydrogens is 440 g/mol. The Morgan fingerprint density at radius 3 is 1.97 bits per heavy atom. The minimum Gasteiger partial charge on any atom is -0.461 e. The topological polar surface area (TPSA) is 116 Å². The van der Waals surface area contributed by atoms with Crippen molar-refractivity contribution in [3.63, 3.8) is 0 Å². The number of aliphatic hydroxyl groups excluding tert-OH is 1. The summed E-state index contributed by atoms with van der Waals surface area (Å²) in [5.41, 5.74) is -3.45. The van der Waals surface area contributed by atoms with Gasteiger partial charge in [0, 0.05) is 49.9 Å². The van der Waals surface area contributed by atoms with Gasteiger partial charge in [0.1, 0.15) is 24.1 Å². The van der Waals surface area contributed by atoms with E-state index in [0.29, 0.717) is 18.4 Å². The molecule has 8 heteroatoms. The number of rotatable bonds is 3. The monoisotopic (exact) mass is 476 g/mol. The lowest BCUT2D eigenvalue weighted by molar-refractivity contribution is -0.194. The van der Waals surface area contributed by atoms with E-state index in [9.17, 15) is 24.3 Å². The molecule has 188 valence electrons. The summed E-state index contributed by atoms with van der Waals surface area (Å²) in [4.78, 5) is 50.9. The maximum atomic E-state index is 13.6. The maximum Gasteiger partial charge on any atom is 0.303 e. The van der Waals surface area contributed by atoms with Crippen LogP contribution in [0.2, 0.25) is 0 Å². The Morgan fingerprint density at radius 2 is 1.44 bits per heavy atom. The lowest BCUT2D eigenvalue weighted by Crippen LogP contribution is -2.63. The van der Waals surface area contributed by atoms with Crippen LogP contribution in [0.5, 0.6) is 0 Å². The molecule has 2 spiro atoms. The van der Waals surface area contributed by atoms with Gasteiger partial charge in [0.15, 0.2) is 0 Å². The van der Waals surface area contributed by atoms with Gasteiger partial charge in [-0.1, -0.05) is 34.3 Å². The molecule has 4 fully saturated rings. The second-order valence-corrected chi connectivity index (χ2v) is 11.5. The average Bonchev–Trinajstić information content (AvgIpc) is 2.95. The van der Waals surface area contributed by atoms with E-state index in [0.717, 1.165) is 0 Å². The Bertz CT molecular complexity index is 983. The van der Waals surface area contributed by atoms with E-state index in [1.165, 1.54) is 20.8 Å². The minimum absolute atomic E-state index is 0.0332. The van der Waals surface area contributed by atoms with Crippen LogP contribution < -0.4 is 0 Å². The van der Waals surface area contributed by atoms with Gasteiger partial charge in [0.05, 0.1) is 11.5 Å². The highest BCUT2D eigenvalue weighted by molar-refractivity contribution is 5.85. The summed E-state index contributed by atoms with van der Waals surface area (Å²) in [5, 5.41) is 11.2. The molecule has 9 atom stereocenters. The highest BCUT2D eigenvalue weighted by Crippen LogP contribution is 2.86. The number of esters is 3. The number of hydrogen-bond acceptors (Lipinski definition) is 8. The van der Waals surface area contributed by atoms with Crippen LogP contribution in [0.1, 0.15) is 67.7 Å². The largest absolute Gasteiger partial charge is 0.461 e. The molecule has 0 heterocycles. The molecule has 0 saturated heterocycles. The average molecular weight is 477 g/mol. The molecular formula is C26H36O8.